The molecule has 0 amide bonds. The van der Waals surface area contributed by atoms with E-state index in [0.717, 1.165) is 0 Å². The van der Waals surface area contributed by atoms with Gasteiger partial charge in [0, 0.05) is 0 Å². The Hall–Kier alpha value is -0.780. The smallest absolute Gasteiger partial charge is 0.100 e. The van der Waals surface area contributed by atoms with Crippen molar-refractivity contribution in [3.05, 3.63) is 22.4 Å². The summed E-state index contributed by atoms with van der Waals surface area (Å²) in [7, 11) is 0. The number of hydrogen-bond donors (Lipinski definition) is 0. The molecule has 1 aliphatic heterocycles. The lowest BCUT2D eigenvalue weighted by Crippen LogP contribution is -2.07. The van der Waals surface area contributed by atoms with Crippen molar-refractivity contribution in [1.82, 2.24) is 0 Å². The van der Waals surface area contributed by atoms with Gasteiger partial charge in [0.2, 0.25) is 0 Å². The molecule has 0 unspecified atom stereocenters. The fourth-order valence-electron chi connectivity index (χ4n) is 1.92. The van der Waals surface area contributed by atoms with Crippen molar-refractivity contribution in [3.8, 4) is 11.8 Å². The van der Waals surface area contributed by atoms with E-state index in [0.29, 0.717) is 12.2 Å². The van der Waals surface area contributed by atoms with Crippen LogP contribution in [0.25, 0.3) is 0 Å². The zero-order valence-electron chi connectivity index (χ0n) is 8.12. The summed E-state index contributed by atoms with van der Waals surface area (Å²) in [6.07, 6.45) is 3.31. The molecule has 2 atom stereocenters. The molecule has 2 aliphatic rings. The maximum absolute atomic E-state index is 5.51. The van der Waals surface area contributed by atoms with Crippen molar-refractivity contribution < 1.29 is 4.74 Å². The lowest BCUT2D eigenvalue weighted by molar-refractivity contribution is 0.340. The summed E-state index contributed by atoms with van der Waals surface area (Å²) < 4.78 is 5.51. The number of rotatable bonds is 1. The summed E-state index contributed by atoms with van der Waals surface area (Å²) in [6, 6.07) is 4.12. The van der Waals surface area contributed by atoms with Gasteiger partial charge in [-0.05, 0) is 31.2 Å². The van der Waals surface area contributed by atoms with Gasteiger partial charge in [0.05, 0.1) is 16.4 Å². The minimum atomic E-state index is 0.226. The second kappa shape index (κ2) is 2.85. The van der Waals surface area contributed by atoms with Crippen LogP contribution in [0.15, 0.2) is 17.5 Å². The fourth-order valence-corrected chi connectivity index (χ4v) is 2.49. The molecule has 14 heavy (non-hydrogen) atoms. The molecular formula is C12H12OS. The van der Waals surface area contributed by atoms with E-state index in [-0.39, 0.29) is 5.41 Å². The highest BCUT2D eigenvalue weighted by Crippen LogP contribution is 2.56. The lowest BCUT2D eigenvalue weighted by Gasteiger charge is -1.99. The monoisotopic (exact) mass is 204 g/mol. The molecule has 1 saturated carbocycles. The average Bonchev–Trinajstić information content (AvgIpc) is 3.05. The second-order valence-corrected chi connectivity index (χ2v) is 5.09. The minimum Gasteiger partial charge on any atom is -0.368 e. The van der Waals surface area contributed by atoms with Crippen molar-refractivity contribution in [2.24, 2.45) is 5.41 Å². The van der Waals surface area contributed by atoms with Crippen LogP contribution in [0.1, 0.15) is 24.6 Å². The third kappa shape index (κ3) is 1.37. The van der Waals surface area contributed by atoms with Crippen LogP contribution in [0.2, 0.25) is 0 Å². The lowest BCUT2D eigenvalue weighted by atomic mass is 10.0. The number of ether oxygens (including phenoxy) is 1. The molecule has 2 heterocycles. The van der Waals surface area contributed by atoms with Crippen LogP contribution in [-0.4, -0.2) is 12.2 Å². The molecule has 2 heteroatoms. The molecule has 1 nitrogen and oxygen atoms in total. The first-order valence-corrected chi connectivity index (χ1v) is 5.90. The van der Waals surface area contributed by atoms with Gasteiger partial charge >= 0.3 is 0 Å². The Morgan fingerprint density at radius 2 is 2.36 bits per heavy atom. The van der Waals surface area contributed by atoms with Gasteiger partial charge in [0.25, 0.3) is 0 Å². The average molecular weight is 204 g/mol. The van der Waals surface area contributed by atoms with Gasteiger partial charge in [0.15, 0.2) is 0 Å². The summed E-state index contributed by atoms with van der Waals surface area (Å²) in [5.41, 5.74) is 0.226. The topological polar surface area (TPSA) is 12.5 Å². The Labute approximate surface area is 88.1 Å². The van der Waals surface area contributed by atoms with E-state index in [1.54, 1.807) is 11.3 Å². The number of epoxide rings is 1. The maximum atomic E-state index is 5.51. The summed E-state index contributed by atoms with van der Waals surface area (Å²) in [5.74, 6) is 6.66. The maximum Gasteiger partial charge on any atom is 0.100 e. The molecule has 1 aromatic rings. The first-order chi connectivity index (χ1) is 6.80. The summed E-state index contributed by atoms with van der Waals surface area (Å²) >= 11 is 1.71. The van der Waals surface area contributed by atoms with Gasteiger partial charge in [-0.2, -0.15) is 0 Å². The van der Waals surface area contributed by atoms with E-state index in [2.05, 4.69) is 30.2 Å². The highest BCUT2D eigenvalue weighted by Gasteiger charge is 2.59. The predicted octanol–water partition coefficient (Wildman–Crippen LogP) is 2.67. The van der Waals surface area contributed by atoms with Gasteiger partial charge in [-0.3, -0.25) is 0 Å². The highest BCUT2D eigenvalue weighted by atomic mass is 32.1. The normalized spacial score (nSPS) is 31.8. The zero-order valence-corrected chi connectivity index (χ0v) is 8.93. The largest absolute Gasteiger partial charge is 0.368 e. The van der Waals surface area contributed by atoms with Crippen molar-refractivity contribution in [3.63, 3.8) is 0 Å². The van der Waals surface area contributed by atoms with Crippen LogP contribution in [0, 0.1) is 17.3 Å². The molecule has 1 aromatic heterocycles. The van der Waals surface area contributed by atoms with E-state index in [9.17, 15) is 0 Å². The van der Waals surface area contributed by atoms with Gasteiger partial charge in [0.1, 0.15) is 6.10 Å². The second-order valence-electron chi connectivity index (χ2n) is 4.15. The van der Waals surface area contributed by atoms with Crippen molar-refractivity contribution in [2.45, 2.75) is 32.0 Å². The number of hydrogen-bond acceptors (Lipinski definition) is 2. The molecule has 3 rings (SSSR count). The Kier molecular flexibility index (Phi) is 1.74. The molecular weight excluding hydrogens is 192 g/mol. The van der Waals surface area contributed by atoms with E-state index >= 15 is 0 Å². The van der Waals surface area contributed by atoms with Gasteiger partial charge in [-0.15, -0.1) is 11.3 Å². The van der Waals surface area contributed by atoms with Crippen molar-refractivity contribution in [1.29, 1.82) is 0 Å². The van der Waals surface area contributed by atoms with Crippen LogP contribution in [0.4, 0.5) is 0 Å². The summed E-state index contributed by atoms with van der Waals surface area (Å²) in [4.78, 5) is 1.17. The molecule has 1 aliphatic carbocycles. The first-order valence-electron chi connectivity index (χ1n) is 5.02. The Morgan fingerprint density at radius 1 is 1.57 bits per heavy atom. The van der Waals surface area contributed by atoms with Crippen LogP contribution < -0.4 is 0 Å². The van der Waals surface area contributed by atoms with Crippen LogP contribution in [0.5, 0.6) is 0 Å². The van der Waals surface area contributed by atoms with E-state index in [1.165, 1.54) is 17.7 Å². The predicted molar refractivity (Wildman–Crippen MR) is 57.2 cm³/mol. The molecule has 0 bridgehead atoms. The highest BCUT2D eigenvalue weighted by molar-refractivity contribution is 7.10. The molecule has 2 fully saturated rings. The first kappa shape index (κ1) is 8.52. The van der Waals surface area contributed by atoms with Gasteiger partial charge in [-0.1, -0.05) is 17.9 Å². The van der Waals surface area contributed by atoms with Crippen molar-refractivity contribution >= 4 is 11.3 Å². The van der Waals surface area contributed by atoms with Crippen LogP contribution in [0.3, 0.4) is 0 Å². The minimum absolute atomic E-state index is 0.226. The molecule has 1 saturated heterocycles. The van der Waals surface area contributed by atoms with Crippen molar-refractivity contribution in [2.75, 3.05) is 0 Å². The zero-order chi connectivity index (χ0) is 9.60. The Balaban J connectivity index is 1.78. The molecule has 0 radical (unpaired) electrons. The molecule has 0 N–H and O–H groups in total. The Morgan fingerprint density at radius 3 is 2.86 bits per heavy atom. The third-order valence-corrected chi connectivity index (χ3v) is 3.79. The summed E-state index contributed by atoms with van der Waals surface area (Å²) in [6.45, 7) is 2.14. The van der Waals surface area contributed by atoms with Gasteiger partial charge < -0.3 is 4.74 Å². The van der Waals surface area contributed by atoms with Crippen LogP contribution >= 0.6 is 11.3 Å². The SMILES string of the molecule is C[C@@H]1O[C@@H]1C1(C#Cc2cccs2)CC1. The number of thiophene rings is 1. The quantitative estimate of drug-likeness (QED) is 0.506. The van der Waals surface area contributed by atoms with E-state index < -0.39 is 0 Å². The summed E-state index contributed by atoms with van der Waals surface area (Å²) in [5, 5.41) is 2.07. The third-order valence-electron chi connectivity index (χ3n) is 3.00. The molecule has 72 valence electrons. The molecule has 0 spiro atoms. The van der Waals surface area contributed by atoms with E-state index in [1.807, 2.05) is 6.07 Å². The van der Waals surface area contributed by atoms with Gasteiger partial charge in [-0.25, -0.2) is 0 Å². The van der Waals surface area contributed by atoms with E-state index in [4.69, 9.17) is 4.74 Å². The Bertz CT molecular complexity index is 392. The molecule has 0 aromatic carbocycles. The fraction of sp³-hybridized carbons (Fsp3) is 0.500. The standard InChI is InChI=1S/C12H12OS/c1-9-11(13-9)12(6-7-12)5-4-10-3-2-8-14-10/h2-3,8-9,11H,6-7H2,1H3/t9-,11-/m0/s1. The van der Waals surface area contributed by atoms with Crippen LogP contribution in [-0.2, 0) is 4.74 Å².